The van der Waals surface area contributed by atoms with Gasteiger partial charge in [-0.15, -0.1) is 12.4 Å². The van der Waals surface area contributed by atoms with Crippen LogP contribution in [0, 0.1) is 0 Å². The van der Waals surface area contributed by atoms with Crippen molar-refractivity contribution in [2.45, 2.75) is 0 Å². The van der Waals surface area contributed by atoms with Crippen LogP contribution in [0.2, 0.25) is 0 Å². The summed E-state index contributed by atoms with van der Waals surface area (Å²) >= 11 is 6.45. The summed E-state index contributed by atoms with van der Waals surface area (Å²) in [6, 6.07) is 31.7. The van der Waals surface area contributed by atoms with Crippen molar-refractivity contribution < 1.29 is 0 Å². The number of benzene rings is 3. The Bertz CT molecular complexity index is 650. The minimum atomic E-state index is -1.89. The molecule has 22 heavy (non-hydrogen) atoms. The summed E-state index contributed by atoms with van der Waals surface area (Å²) in [5.74, 6) is 0. The molecule has 0 N–H and O–H groups in total. The van der Waals surface area contributed by atoms with Crippen LogP contribution in [-0.2, 0) is 0 Å². The first-order valence-corrected chi connectivity index (χ1v) is 9.17. The van der Waals surface area contributed by atoms with Crippen molar-refractivity contribution in [3.05, 3.63) is 91.0 Å². The van der Waals surface area contributed by atoms with E-state index in [2.05, 4.69) is 72.8 Å². The van der Waals surface area contributed by atoms with Crippen LogP contribution in [0.4, 0.5) is 0 Å². The van der Waals surface area contributed by atoms with Gasteiger partial charge in [0.1, 0.15) is 0 Å². The monoisotopic (exact) mass is 346 g/mol. The first-order valence-electron chi connectivity index (χ1n) is 6.88. The van der Waals surface area contributed by atoms with Gasteiger partial charge >= 0.3 is 0 Å². The largest absolute Gasteiger partial charge is 0.147 e. The van der Waals surface area contributed by atoms with Gasteiger partial charge in [-0.1, -0.05) is 103 Å². The average molecular weight is 347 g/mol. The number of hydrogen-bond acceptors (Lipinski definition) is 0. The molecule has 0 amide bonds. The van der Waals surface area contributed by atoms with Gasteiger partial charge in [-0.3, -0.25) is 0 Å². The number of rotatable bonds is 3. The number of hydrogen-bond donors (Lipinski definition) is 0. The molecule has 3 aromatic carbocycles. The molecule has 0 fully saturated rings. The maximum Gasteiger partial charge on any atom is 0.0141 e. The first-order chi connectivity index (χ1) is 10.4. The smallest absolute Gasteiger partial charge is 0.0141 e. The predicted octanol–water partition coefficient (Wildman–Crippen LogP) is 4.40. The fraction of sp³-hybridized carbons (Fsp3) is 0. The highest BCUT2D eigenvalue weighted by Crippen LogP contribution is 2.43. The van der Waals surface area contributed by atoms with E-state index in [9.17, 15) is 0 Å². The standard InChI is InChI=1S/C19H16ClP.ClH/c20-16-21(17-10-4-1-5-11-17,18-12-6-2-7-13-18)19-14-8-3-9-15-19;/h1-16H;1H. The van der Waals surface area contributed by atoms with E-state index in [-0.39, 0.29) is 12.4 Å². The van der Waals surface area contributed by atoms with Gasteiger partial charge in [-0.25, -0.2) is 0 Å². The molecule has 0 aliphatic carbocycles. The molecule has 0 spiro atoms. The van der Waals surface area contributed by atoms with Gasteiger partial charge in [0, 0.05) is 5.26 Å². The first kappa shape index (κ1) is 16.9. The highest BCUT2D eigenvalue weighted by atomic mass is 35.5. The molecule has 3 heteroatoms. The quantitative estimate of drug-likeness (QED) is 0.616. The van der Waals surface area contributed by atoms with Crippen LogP contribution in [0.25, 0.3) is 0 Å². The highest BCUT2D eigenvalue weighted by Gasteiger charge is 2.23. The van der Waals surface area contributed by atoms with Gasteiger partial charge < -0.3 is 0 Å². The SMILES string of the molecule is Cl.ClC=P(c1ccccc1)(c1ccccc1)c1ccccc1. The summed E-state index contributed by atoms with van der Waals surface area (Å²) in [5.41, 5.74) is 0. The van der Waals surface area contributed by atoms with Gasteiger partial charge in [0.25, 0.3) is 0 Å². The molecule has 0 saturated carbocycles. The topological polar surface area (TPSA) is 0 Å². The van der Waals surface area contributed by atoms with Gasteiger partial charge in [0.15, 0.2) is 0 Å². The second kappa shape index (κ2) is 7.70. The highest BCUT2D eigenvalue weighted by molar-refractivity contribution is 7.96. The van der Waals surface area contributed by atoms with Gasteiger partial charge in [0.05, 0.1) is 0 Å². The Morgan fingerprint density at radius 1 is 0.545 bits per heavy atom. The normalized spacial score (nSPS) is 10.6. The Hall–Kier alpha value is -1.46. The Labute approximate surface area is 143 Å². The second-order valence-electron chi connectivity index (χ2n) is 4.83. The predicted molar refractivity (Wildman–Crippen MR) is 104 cm³/mol. The molecule has 0 aromatic heterocycles. The molecular formula is C19H17Cl2P. The van der Waals surface area contributed by atoms with E-state index < -0.39 is 6.89 Å². The minimum Gasteiger partial charge on any atom is -0.147 e. The lowest BCUT2D eigenvalue weighted by molar-refractivity contribution is 1.73. The molecule has 3 aromatic rings. The zero-order valence-electron chi connectivity index (χ0n) is 12.0. The van der Waals surface area contributed by atoms with E-state index in [0.717, 1.165) is 0 Å². The molecule has 0 bridgehead atoms. The van der Waals surface area contributed by atoms with Crippen molar-refractivity contribution in [2.24, 2.45) is 0 Å². The molecule has 0 aliphatic rings. The van der Waals surface area contributed by atoms with Crippen LogP contribution in [0.1, 0.15) is 0 Å². The van der Waals surface area contributed by atoms with Crippen molar-refractivity contribution in [3.8, 4) is 0 Å². The van der Waals surface area contributed by atoms with E-state index >= 15 is 0 Å². The van der Waals surface area contributed by atoms with Crippen molar-refractivity contribution >= 4 is 52.1 Å². The Morgan fingerprint density at radius 3 is 1.05 bits per heavy atom. The van der Waals surface area contributed by atoms with Gasteiger partial charge in [0.2, 0.25) is 0 Å². The van der Waals surface area contributed by atoms with Crippen LogP contribution >= 0.6 is 30.9 Å². The van der Waals surface area contributed by atoms with E-state index in [1.807, 2.05) is 23.5 Å². The van der Waals surface area contributed by atoms with E-state index in [1.54, 1.807) is 0 Å². The fourth-order valence-corrected chi connectivity index (χ4v) is 6.78. The Kier molecular flexibility index (Phi) is 5.91. The minimum absolute atomic E-state index is 0. The summed E-state index contributed by atoms with van der Waals surface area (Å²) in [4.78, 5) is 0. The number of halogens is 2. The molecule has 0 radical (unpaired) electrons. The molecule has 0 saturated heterocycles. The third-order valence-corrected chi connectivity index (χ3v) is 8.15. The van der Waals surface area contributed by atoms with Crippen LogP contribution < -0.4 is 15.9 Å². The zero-order chi connectivity index (χ0) is 14.5. The van der Waals surface area contributed by atoms with Crippen LogP contribution in [-0.4, -0.2) is 5.26 Å². The molecular weight excluding hydrogens is 330 g/mol. The van der Waals surface area contributed by atoms with Crippen molar-refractivity contribution in [1.29, 1.82) is 0 Å². The second-order valence-corrected chi connectivity index (χ2v) is 8.60. The van der Waals surface area contributed by atoms with Crippen molar-refractivity contribution in [2.75, 3.05) is 0 Å². The Morgan fingerprint density at radius 2 is 0.818 bits per heavy atom. The van der Waals surface area contributed by atoms with E-state index in [4.69, 9.17) is 11.6 Å². The van der Waals surface area contributed by atoms with Crippen LogP contribution in [0.15, 0.2) is 91.0 Å². The van der Waals surface area contributed by atoms with Crippen LogP contribution in [0.5, 0.6) is 0 Å². The lowest BCUT2D eigenvalue weighted by Gasteiger charge is -2.27. The molecule has 0 nitrogen and oxygen atoms in total. The van der Waals surface area contributed by atoms with E-state index in [1.165, 1.54) is 15.9 Å². The summed E-state index contributed by atoms with van der Waals surface area (Å²) in [7, 11) is 0. The lowest BCUT2D eigenvalue weighted by Crippen LogP contribution is -2.26. The maximum absolute atomic E-state index is 6.45. The summed E-state index contributed by atoms with van der Waals surface area (Å²) < 4.78 is 0. The molecule has 0 atom stereocenters. The molecule has 3 rings (SSSR count). The Balaban J connectivity index is 0.00000176. The molecule has 112 valence electrons. The third-order valence-electron chi connectivity index (χ3n) is 3.64. The maximum atomic E-state index is 6.45. The molecule has 0 heterocycles. The summed E-state index contributed by atoms with van der Waals surface area (Å²) in [6.07, 6.45) is 0. The van der Waals surface area contributed by atoms with Crippen molar-refractivity contribution in [3.63, 3.8) is 0 Å². The molecule has 0 unspecified atom stereocenters. The zero-order valence-corrected chi connectivity index (χ0v) is 14.4. The lowest BCUT2D eigenvalue weighted by atomic mass is 10.4. The summed E-state index contributed by atoms with van der Waals surface area (Å²) in [5, 5.41) is 5.71. The van der Waals surface area contributed by atoms with Gasteiger partial charge in [-0.05, 0) is 22.8 Å². The van der Waals surface area contributed by atoms with Crippen molar-refractivity contribution in [1.82, 2.24) is 0 Å². The third kappa shape index (κ3) is 3.01. The van der Waals surface area contributed by atoms with Crippen LogP contribution in [0.3, 0.4) is 0 Å². The average Bonchev–Trinajstić information content (AvgIpc) is 2.59. The van der Waals surface area contributed by atoms with E-state index in [0.29, 0.717) is 0 Å². The van der Waals surface area contributed by atoms with Gasteiger partial charge in [-0.2, -0.15) is 0 Å². The fourth-order valence-electron chi connectivity index (χ4n) is 2.61. The summed E-state index contributed by atoms with van der Waals surface area (Å²) in [6.45, 7) is -1.89. The molecule has 0 aliphatic heterocycles.